The molecule has 4 nitrogen and oxygen atoms in total. The van der Waals surface area contributed by atoms with Crippen molar-refractivity contribution in [1.29, 1.82) is 0 Å². The highest BCUT2D eigenvalue weighted by Crippen LogP contribution is 2.19. The molecule has 0 amide bonds. The normalized spacial score (nSPS) is 9.79. The van der Waals surface area contributed by atoms with Crippen molar-refractivity contribution in [1.82, 2.24) is 0 Å². The topological polar surface area (TPSA) is 74.6 Å². The van der Waals surface area contributed by atoms with E-state index >= 15 is 0 Å². The molecule has 0 aliphatic heterocycles. The number of carboxylic acids is 1. The van der Waals surface area contributed by atoms with Crippen molar-refractivity contribution in [3.05, 3.63) is 29.3 Å². The number of phenols is 1. The van der Waals surface area contributed by atoms with Gasteiger partial charge in [0.2, 0.25) is 0 Å². The van der Waals surface area contributed by atoms with Crippen LogP contribution in [0.2, 0.25) is 0 Å². The second kappa shape index (κ2) is 3.91. The zero-order chi connectivity index (χ0) is 10.7. The molecule has 4 heteroatoms. The minimum absolute atomic E-state index is 0.128. The molecule has 0 unspecified atom stereocenters. The number of carboxylic acid groups (broad SMARTS) is 1. The summed E-state index contributed by atoms with van der Waals surface area (Å²) in [6.07, 6.45) is 0.325. The maximum atomic E-state index is 11.2. The lowest BCUT2D eigenvalue weighted by atomic mass is 10.1. The quantitative estimate of drug-likeness (QED) is 0.718. The molecule has 1 aromatic carbocycles. The first kappa shape index (κ1) is 10.2. The van der Waals surface area contributed by atoms with Crippen molar-refractivity contribution in [2.45, 2.75) is 13.3 Å². The third kappa shape index (κ3) is 1.90. The first-order valence-electron chi connectivity index (χ1n) is 4.15. The summed E-state index contributed by atoms with van der Waals surface area (Å²) in [4.78, 5) is 21.7. The first-order chi connectivity index (χ1) is 6.56. The van der Waals surface area contributed by atoms with Gasteiger partial charge in [0.25, 0.3) is 0 Å². The highest BCUT2D eigenvalue weighted by molar-refractivity contribution is 5.98. The van der Waals surface area contributed by atoms with E-state index in [4.69, 9.17) is 5.11 Å². The third-order valence-corrected chi connectivity index (χ3v) is 1.87. The molecule has 0 saturated heterocycles. The fourth-order valence-corrected chi connectivity index (χ4v) is 1.09. The van der Waals surface area contributed by atoms with Crippen LogP contribution < -0.4 is 0 Å². The molecule has 0 bridgehead atoms. The maximum Gasteiger partial charge on any atom is 0.339 e. The van der Waals surface area contributed by atoms with Crippen LogP contribution in [0.3, 0.4) is 0 Å². The second-order valence-corrected chi connectivity index (χ2v) is 2.81. The molecule has 0 aromatic heterocycles. The first-order valence-corrected chi connectivity index (χ1v) is 4.15. The average Bonchev–Trinajstić information content (AvgIpc) is 2.15. The zero-order valence-electron chi connectivity index (χ0n) is 7.65. The number of carbonyl (C=O) groups excluding carboxylic acids is 1. The van der Waals surface area contributed by atoms with Crippen LogP contribution in [0.4, 0.5) is 0 Å². The highest BCUT2D eigenvalue weighted by Gasteiger charge is 2.11. The molecule has 0 aliphatic carbocycles. The lowest BCUT2D eigenvalue weighted by Gasteiger charge is -2.01. The Balaban J connectivity index is 3.12. The summed E-state index contributed by atoms with van der Waals surface area (Å²) in [6.45, 7) is 1.70. The molecule has 74 valence electrons. The molecule has 14 heavy (non-hydrogen) atoms. The molecule has 0 atom stereocenters. The number of ketones is 1. The van der Waals surface area contributed by atoms with Crippen molar-refractivity contribution >= 4 is 11.8 Å². The van der Waals surface area contributed by atoms with E-state index in [9.17, 15) is 14.7 Å². The van der Waals surface area contributed by atoms with Crippen molar-refractivity contribution < 1.29 is 19.8 Å². The summed E-state index contributed by atoms with van der Waals surface area (Å²) < 4.78 is 0. The smallest absolute Gasteiger partial charge is 0.339 e. The van der Waals surface area contributed by atoms with Gasteiger partial charge >= 0.3 is 5.97 Å². The summed E-state index contributed by atoms with van der Waals surface area (Å²) in [5.74, 6) is -1.72. The molecule has 0 heterocycles. The Morgan fingerprint density at radius 2 is 2.00 bits per heavy atom. The van der Waals surface area contributed by atoms with Gasteiger partial charge in [0, 0.05) is 12.0 Å². The van der Waals surface area contributed by atoms with Gasteiger partial charge in [-0.3, -0.25) is 4.79 Å². The summed E-state index contributed by atoms with van der Waals surface area (Å²) in [7, 11) is 0. The van der Waals surface area contributed by atoms with Crippen LogP contribution in [0.1, 0.15) is 34.1 Å². The lowest BCUT2D eigenvalue weighted by molar-refractivity contribution is 0.0693. The Hall–Kier alpha value is -1.84. The summed E-state index contributed by atoms with van der Waals surface area (Å²) in [6, 6.07) is 3.80. The van der Waals surface area contributed by atoms with Crippen LogP contribution in [-0.2, 0) is 0 Å². The van der Waals surface area contributed by atoms with Gasteiger partial charge in [-0.25, -0.2) is 4.79 Å². The van der Waals surface area contributed by atoms with E-state index in [2.05, 4.69) is 0 Å². The number of aromatic carboxylic acids is 1. The monoisotopic (exact) mass is 194 g/mol. The molecule has 0 aliphatic rings. The SMILES string of the molecule is CCC(=O)c1ccc(C(=O)O)c(O)c1. The molecule has 0 fully saturated rings. The number of carbonyl (C=O) groups is 2. The fourth-order valence-electron chi connectivity index (χ4n) is 1.09. The minimum atomic E-state index is -1.21. The van der Waals surface area contributed by atoms with Gasteiger partial charge in [-0.1, -0.05) is 13.0 Å². The fraction of sp³-hybridized carbons (Fsp3) is 0.200. The number of Topliss-reactive ketones (excluding diaryl/α,β-unsaturated/α-hetero) is 1. The van der Waals surface area contributed by atoms with Crippen molar-refractivity contribution in [3.63, 3.8) is 0 Å². The van der Waals surface area contributed by atoms with Gasteiger partial charge in [0.15, 0.2) is 5.78 Å². The highest BCUT2D eigenvalue weighted by atomic mass is 16.4. The molecular weight excluding hydrogens is 184 g/mol. The predicted octanol–water partition coefficient (Wildman–Crippen LogP) is 1.68. The van der Waals surface area contributed by atoms with Crippen molar-refractivity contribution in [3.8, 4) is 5.75 Å². The second-order valence-electron chi connectivity index (χ2n) is 2.81. The number of hydrogen-bond donors (Lipinski definition) is 2. The van der Waals surface area contributed by atoms with Gasteiger partial charge < -0.3 is 10.2 Å². The van der Waals surface area contributed by atoms with E-state index in [-0.39, 0.29) is 17.1 Å². The van der Waals surface area contributed by atoms with Gasteiger partial charge in [-0.2, -0.15) is 0 Å². The molecule has 1 aromatic rings. The van der Waals surface area contributed by atoms with Gasteiger partial charge in [-0.05, 0) is 12.1 Å². The molecular formula is C10H10O4. The Labute approximate surface area is 80.8 Å². The standard InChI is InChI=1S/C10H10O4/c1-2-8(11)6-3-4-7(10(13)14)9(12)5-6/h3-5,12H,2H2,1H3,(H,13,14). The zero-order valence-corrected chi connectivity index (χ0v) is 7.65. The lowest BCUT2D eigenvalue weighted by Crippen LogP contribution is -2.00. The van der Waals surface area contributed by atoms with E-state index in [1.54, 1.807) is 6.92 Å². The molecule has 1 rings (SSSR count). The van der Waals surface area contributed by atoms with Crippen LogP contribution in [0.5, 0.6) is 5.75 Å². The summed E-state index contributed by atoms with van der Waals surface area (Å²) in [5, 5.41) is 17.9. The Morgan fingerprint density at radius 1 is 1.36 bits per heavy atom. The number of rotatable bonds is 3. The summed E-state index contributed by atoms with van der Waals surface area (Å²) >= 11 is 0. The van der Waals surface area contributed by atoms with E-state index in [1.165, 1.54) is 18.2 Å². The Morgan fingerprint density at radius 3 is 2.43 bits per heavy atom. The van der Waals surface area contributed by atoms with E-state index in [0.29, 0.717) is 12.0 Å². The molecule has 2 N–H and O–H groups in total. The van der Waals surface area contributed by atoms with Crippen LogP contribution in [-0.4, -0.2) is 22.0 Å². The largest absolute Gasteiger partial charge is 0.507 e. The molecule has 0 spiro atoms. The molecule has 0 saturated carbocycles. The van der Waals surface area contributed by atoms with E-state index < -0.39 is 5.97 Å². The minimum Gasteiger partial charge on any atom is -0.507 e. The van der Waals surface area contributed by atoms with Gasteiger partial charge in [0.1, 0.15) is 11.3 Å². The number of aromatic hydroxyl groups is 1. The average molecular weight is 194 g/mol. The van der Waals surface area contributed by atoms with Gasteiger partial charge in [-0.15, -0.1) is 0 Å². The molecule has 0 radical (unpaired) electrons. The maximum absolute atomic E-state index is 11.2. The number of benzene rings is 1. The van der Waals surface area contributed by atoms with Crippen molar-refractivity contribution in [2.24, 2.45) is 0 Å². The van der Waals surface area contributed by atoms with Crippen LogP contribution >= 0.6 is 0 Å². The van der Waals surface area contributed by atoms with E-state index in [1.807, 2.05) is 0 Å². The predicted molar refractivity (Wildman–Crippen MR) is 49.7 cm³/mol. The van der Waals surface area contributed by atoms with Crippen LogP contribution in [0.25, 0.3) is 0 Å². The third-order valence-electron chi connectivity index (χ3n) is 1.87. The van der Waals surface area contributed by atoms with Crippen LogP contribution in [0.15, 0.2) is 18.2 Å². The Bertz CT molecular complexity index is 382. The summed E-state index contributed by atoms with van der Waals surface area (Å²) in [5.41, 5.74) is 0.132. The Kier molecular flexibility index (Phi) is 2.86. The van der Waals surface area contributed by atoms with Crippen LogP contribution in [0, 0.1) is 0 Å². The number of hydrogen-bond acceptors (Lipinski definition) is 3. The van der Waals surface area contributed by atoms with Crippen molar-refractivity contribution in [2.75, 3.05) is 0 Å². The van der Waals surface area contributed by atoms with Gasteiger partial charge in [0.05, 0.1) is 0 Å². The van der Waals surface area contributed by atoms with E-state index in [0.717, 1.165) is 0 Å².